The van der Waals surface area contributed by atoms with Gasteiger partial charge in [0.25, 0.3) is 11.3 Å². The van der Waals surface area contributed by atoms with Crippen molar-refractivity contribution in [2.24, 2.45) is 0 Å². The summed E-state index contributed by atoms with van der Waals surface area (Å²) >= 11 is 3.84. The highest BCUT2D eigenvalue weighted by atomic mass is 35.5. The molecule has 1 atom stereocenters. The molecule has 1 unspecified atom stereocenters. The Bertz CT molecular complexity index is 515. The second kappa shape index (κ2) is 4.65. The number of hydrogen-bond acceptors (Lipinski definition) is 3. The van der Waals surface area contributed by atoms with Crippen LogP contribution in [0.25, 0.3) is 11.5 Å². The highest BCUT2D eigenvalue weighted by molar-refractivity contribution is 7.80. The molecule has 16 heavy (non-hydrogen) atoms. The van der Waals surface area contributed by atoms with Gasteiger partial charge in [-0.15, -0.1) is 0 Å². The molecule has 0 bridgehead atoms. The summed E-state index contributed by atoms with van der Waals surface area (Å²) in [7, 11) is 0. The maximum Gasteiger partial charge on any atom is 0.259 e. The average molecular weight is 259 g/mol. The molecule has 0 radical (unpaired) electrons. The molecular weight excluding hydrogens is 252 g/mol. The van der Waals surface area contributed by atoms with Crippen molar-refractivity contribution in [2.45, 2.75) is 0 Å². The molecule has 0 spiro atoms. The van der Waals surface area contributed by atoms with Crippen molar-refractivity contribution in [3.05, 3.63) is 35.7 Å². The number of benzene rings is 1. The summed E-state index contributed by atoms with van der Waals surface area (Å²) in [4.78, 5) is 3.95. The van der Waals surface area contributed by atoms with Crippen molar-refractivity contribution in [2.75, 3.05) is 4.72 Å². The molecule has 1 aromatic heterocycles. The summed E-state index contributed by atoms with van der Waals surface area (Å²) in [5.41, 5.74) is 1.01. The minimum absolute atomic E-state index is 0.359. The molecule has 0 saturated carbocycles. The van der Waals surface area contributed by atoms with E-state index in [0.29, 0.717) is 22.2 Å². The van der Waals surface area contributed by atoms with Gasteiger partial charge in [-0.05, 0) is 18.2 Å². The van der Waals surface area contributed by atoms with Gasteiger partial charge in [0.15, 0.2) is 0 Å². The Kier molecular flexibility index (Phi) is 3.23. The predicted molar refractivity (Wildman–Crippen MR) is 61.3 cm³/mol. The van der Waals surface area contributed by atoms with Crippen LogP contribution in [-0.4, -0.2) is 13.7 Å². The smallest absolute Gasteiger partial charge is 0.259 e. The third-order valence-corrected chi connectivity index (χ3v) is 2.57. The Morgan fingerprint density at radius 1 is 1.50 bits per heavy atom. The summed E-state index contributed by atoms with van der Waals surface area (Å²) in [6, 6.07) is 4.77. The fourth-order valence-electron chi connectivity index (χ4n) is 1.21. The van der Waals surface area contributed by atoms with E-state index in [-0.39, 0.29) is 0 Å². The lowest BCUT2D eigenvalue weighted by atomic mass is 10.2. The van der Waals surface area contributed by atoms with Gasteiger partial charge in [-0.2, -0.15) is 0 Å². The van der Waals surface area contributed by atoms with E-state index in [1.165, 1.54) is 12.5 Å². The van der Waals surface area contributed by atoms with Crippen molar-refractivity contribution in [1.29, 1.82) is 0 Å². The molecular formula is C9H7ClN2O3S. The quantitative estimate of drug-likeness (QED) is 0.830. The Morgan fingerprint density at radius 2 is 2.31 bits per heavy atom. The van der Waals surface area contributed by atoms with Crippen LogP contribution in [0, 0.1) is 0 Å². The van der Waals surface area contributed by atoms with Gasteiger partial charge >= 0.3 is 0 Å². The van der Waals surface area contributed by atoms with Gasteiger partial charge in [0.2, 0.25) is 5.89 Å². The zero-order valence-electron chi connectivity index (χ0n) is 7.88. The third kappa shape index (κ3) is 2.41. The number of oxazole rings is 1. The Morgan fingerprint density at radius 3 is 2.94 bits per heavy atom. The standard InChI is InChI=1S/C9H7ClN2O3S/c10-8-2-1-6(12-16(13)14)5-7(8)9-11-3-4-15-9/h1-5,12H,(H,13,14). The van der Waals surface area contributed by atoms with Crippen molar-refractivity contribution in [3.8, 4) is 11.5 Å². The fraction of sp³-hybridized carbons (Fsp3) is 0. The zero-order valence-corrected chi connectivity index (χ0v) is 9.46. The first kappa shape index (κ1) is 11.1. The highest BCUT2D eigenvalue weighted by Crippen LogP contribution is 2.29. The van der Waals surface area contributed by atoms with Crippen LogP contribution in [0.1, 0.15) is 0 Å². The van der Waals surface area contributed by atoms with Gasteiger partial charge in [-0.1, -0.05) is 11.6 Å². The Hall–Kier alpha value is -1.37. The second-order valence-electron chi connectivity index (χ2n) is 2.88. The highest BCUT2D eigenvalue weighted by Gasteiger charge is 2.09. The minimum Gasteiger partial charge on any atom is -0.444 e. The number of halogens is 1. The first-order valence-corrected chi connectivity index (χ1v) is 5.72. The normalized spacial score (nSPS) is 12.4. The summed E-state index contributed by atoms with van der Waals surface area (Å²) in [6.45, 7) is 0. The first-order chi connectivity index (χ1) is 7.66. The summed E-state index contributed by atoms with van der Waals surface area (Å²) in [6.07, 6.45) is 2.92. The number of rotatable bonds is 3. The summed E-state index contributed by atoms with van der Waals surface area (Å²) in [5.74, 6) is 0.359. The van der Waals surface area contributed by atoms with E-state index in [2.05, 4.69) is 9.71 Å². The van der Waals surface area contributed by atoms with Crippen molar-refractivity contribution in [1.82, 2.24) is 4.98 Å². The van der Waals surface area contributed by atoms with Crippen LogP contribution in [0.4, 0.5) is 5.69 Å². The molecule has 0 aliphatic heterocycles. The van der Waals surface area contributed by atoms with E-state index in [4.69, 9.17) is 20.6 Å². The molecule has 84 valence electrons. The van der Waals surface area contributed by atoms with E-state index in [0.717, 1.165) is 0 Å². The molecule has 2 rings (SSSR count). The van der Waals surface area contributed by atoms with Crippen molar-refractivity contribution < 1.29 is 13.2 Å². The largest absolute Gasteiger partial charge is 0.444 e. The van der Waals surface area contributed by atoms with E-state index in [9.17, 15) is 4.21 Å². The average Bonchev–Trinajstić information content (AvgIpc) is 2.73. The fourth-order valence-corrected chi connectivity index (χ4v) is 1.74. The van der Waals surface area contributed by atoms with Gasteiger partial charge in [0.05, 0.1) is 16.8 Å². The number of hydrogen-bond donors (Lipinski definition) is 2. The molecule has 2 aromatic rings. The molecule has 5 nitrogen and oxygen atoms in total. The first-order valence-electron chi connectivity index (χ1n) is 4.24. The minimum atomic E-state index is -2.12. The summed E-state index contributed by atoms with van der Waals surface area (Å²) in [5, 5.41) is 0.455. The Balaban J connectivity index is 2.41. The number of nitrogens with zero attached hydrogens (tertiary/aromatic N) is 1. The van der Waals surface area contributed by atoms with Crippen LogP contribution in [0.5, 0.6) is 0 Å². The molecule has 7 heteroatoms. The molecule has 0 aliphatic rings. The van der Waals surface area contributed by atoms with Crippen molar-refractivity contribution in [3.63, 3.8) is 0 Å². The van der Waals surface area contributed by atoms with Crippen LogP contribution in [0.3, 0.4) is 0 Å². The maximum atomic E-state index is 10.6. The number of aromatic nitrogens is 1. The predicted octanol–water partition coefficient (Wildman–Crippen LogP) is 2.54. The van der Waals surface area contributed by atoms with Crippen LogP contribution < -0.4 is 4.72 Å². The lowest BCUT2D eigenvalue weighted by molar-refractivity contribution is 0.570. The van der Waals surface area contributed by atoms with Gasteiger partial charge in [0, 0.05) is 5.69 Å². The van der Waals surface area contributed by atoms with Crippen LogP contribution in [0.2, 0.25) is 5.02 Å². The molecule has 1 heterocycles. The topological polar surface area (TPSA) is 75.4 Å². The second-order valence-corrected chi connectivity index (χ2v) is 3.99. The van der Waals surface area contributed by atoms with Gasteiger partial charge < -0.3 is 4.42 Å². The van der Waals surface area contributed by atoms with Gasteiger partial charge in [0.1, 0.15) is 6.26 Å². The molecule has 0 fully saturated rings. The molecule has 0 saturated heterocycles. The van der Waals surface area contributed by atoms with Crippen LogP contribution in [0.15, 0.2) is 35.1 Å². The molecule has 0 amide bonds. The van der Waals surface area contributed by atoms with Gasteiger partial charge in [-0.3, -0.25) is 9.27 Å². The van der Waals surface area contributed by atoms with E-state index < -0.39 is 11.3 Å². The lowest BCUT2D eigenvalue weighted by Gasteiger charge is -2.04. The van der Waals surface area contributed by atoms with E-state index in [1.54, 1.807) is 18.2 Å². The molecule has 0 aliphatic carbocycles. The maximum absolute atomic E-state index is 10.6. The monoisotopic (exact) mass is 258 g/mol. The van der Waals surface area contributed by atoms with Crippen molar-refractivity contribution >= 4 is 28.6 Å². The summed E-state index contributed by atoms with van der Waals surface area (Å²) < 4.78 is 26.7. The van der Waals surface area contributed by atoms with E-state index >= 15 is 0 Å². The SMILES string of the molecule is O=S(O)Nc1ccc(Cl)c(-c2ncco2)c1. The zero-order chi connectivity index (χ0) is 11.5. The van der Waals surface area contributed by atoms with Crippen LogP contribution >= 0.6 is 11.6 Å². The number of anilines is 1. The molecule has 2 N–H and O–H groups in total. The third-order valence-electron chi connectivity index (χ3n) is 1.83. The molecule has 1 aromatic carbocycles. The number of nitrogens with one attached hydrogen (secondary N) is 1. The van der Waals surface area contributed by atoms with Gasteiger partial charge in [-0.25, -0.2) is 9.19 Å². The Labute approximate surface area is 98.9 Å². The van der Waals surface area contributed by atoms with Crippen LogP contribution in [-0.2, 0) is 11.3 Å². The van der Waals surface area contributed by atoms with E-state index in [1.807, 2.05) is 0 Å². The lowest BCUT2D eigenvalue weighted by Crippen LogP contribution is -2.01.